The fourth-order valence-electron chi connectivity index (χ4n) is 3.73. The normalized spacial score (nSPS) is 21.8. The Morgan fingerprint density at radius 2 is 2.19 bits per heavy atom. The molecule has 1 saturated heterocycles. The van der Waals surface area contributed by atoms with Gasteiger partial charge in [-0.2, -0.15) is 0 Å². The summed E-state index contributed by atoms with van der Waals surface area (Å²) >= 11 is 0. The number of nitro groups is 1. The van der Waals surface area contributed by atoms with E-state index >= 15 is 0 Å². The molecule has 3 rings (SSSR count). The highest BCUT2D eigenvalue weighted by Crippen LogP contribution is 2.36. The molecule has 114 valence electrons. The van der Waals surface area contributed by atoms with Crippen molar-refractivity contribution in [2.75, 3.05) is 31.1 Å². The van der Waals surface area contributed by atoms with E-state index in [-0.39, 0.29) is 10.6 Å². The van der Waals surface area contributed by atoms with E-state index in [1.807, 2.05) is 13.0 Å². The highest BCUT2D eigenvalue weighted by atomic mass is 16.6. The van der Waals surface area contributed by atoms with Crippen LogP contribution in [0.3, 0.4) is 0 Å². The van der Waals surface area contributed by atoms with Crippen LogP contribution in [0.25, 0.3) is 0 Å². The highest BCUT2D eigenvalue weighted by Gasteiger charge is 2.32. The first-order valence-corrected chi connectivity index (χ1v) is 7.87. The monoisotopic (exact) mass is 289 g/mol. The molecule has 1 fully saturated rings. The van der Waals surface area contributed by atoms with Gasteiger partial charge >= 0.3 is 0 Å². The van der Waals surface area contributed by atoms with Crippen LogP contribution in [-0.2, 0) is 6.42 Å². The second-order valence-electron chi connectivity index (χ2n) is 6.21. The van der Waals surface area contributed by atoms with Crippen molar-refractivity contribution in [3.63, 3.8) is 0 Å². The van der Waals surface area contributed by atoms with Gasteiger partial charge in [0.2, 0.25) is 0 Å². The standard InChI is InChI=1S/C16H23N3O2/c1-3-6-17-7-8-18-14(11-17)5-4-13-9-12(2)15(19(20)21)10-16(13)18/h9-10,14H,3-8,11H2,1-2H3. The van der Waals surface area contributed by atoms with Crippen LogP contribution >= 0.6 is 0 Å². The zero-order chi connectivity index (χ0) is 15.0. The van der Waals surface area contributed by atoms with Gasteiger partial charge < -0.3 is 4.90 Å². The van der Waals surface area contributed by atoms with E-state index in [0.717, 1.165) is 50.3 Å². The first-order valence-electron chi connectivity index (χ1n) is 7.87. The summed E-state index contributed by atoms with van der Waals surface area (Å²) in [6.07, 6.45) is 3.38. The van der Waals surface area contributed by atoms with Crippen molar-refractivity contribution in [2.45, 2.75) is 39.2 Å². The zero-order valence-electron chi connectivity index (χ0n) is 12.8. The quantitative estimate of drug-likeness (QED) is 0.634. The van der Waals surface area contributed by atoms with Gasteiger partial charge in [-0.3, -0.25) is 15.0 Å². The van der Waals surface area contributed by atoms with E-state index in [1.165, 1.54) is 12.0 Å². The Hall–Kier alpha value is -1.62. The molecule has 1 aromatic rings. The average molecular weight is 289 g/mol. The Kier molecular flexibility index (Phi) is 3.85. The molecular weight excluding hydrogens is 266 g/mol. The lowest BCUT2D eigenvalue weighted by Crippen LogP contribution is -2.55. The summed E-state index contributed by atoms with van der Waals surface area (Å²) in [4.78, 5) is 15.8. The van der Waals surface area contributed by atoms with E-state index < -0.39 is 0 Å². The molecule has 0 N–H and O–H groups in total. The van der Waals surface area contributed by atoms with Crippen molar-refractivity contribution in [1.29, 1.82) is 0 Å². The van der Waals surface area contributed by atoms with E-state index in [1.54, 1.807) is 6.07 Å². The third kappa shape index (κ3) is 2.62. The van der Waals surface area contributed by atoms with Crippen LogP contribution in [-0.4, -0.2) is 42.0 Å². The number of fused-ring (bicyclic) bond motifs is 3. The maximum absolute atomic E-state index is 11.2. The molecule has 2 aliphatic heterocycles. The van der Waals surface area contributed by atoms with Crippen LogP contribution in [0.1, 0.15) is 30.9 Å². The van der Waals surface area contributed by atoms with E-state index in [9.17, 15) is 10.1 Å². The van der Waals surface area contributed by atoms with E-state index in [2.05, 4.69) is 16.7 Å². The maximum atomic E-state index is 11.2. The minimum absolute atomic E-state index is 0.255. The molecule has 0 saturated carbocycles. The molecule has 0 amide bonds. The zero-order valence-corrected chi connectivity index (χ0v) is 12.8. The largest absolute Gasteiger partial charge is 0.366 e. The summed E-state index contributed by atoms with van der Waals surface area (Å²) in [5.74, 6) is 0. The second kappa shape index (κ2) is 5.64. The fraction of sp³-hybridized carbons (Fsp3) is 0.625. The number of nitro benzene ring substituents is 1. The van der Waals surface area contributed by atoms with Crippen LogP contribution in [0.5, 0.6) is 0 Å². The van der Waals surface area contributed by atoms with Crippen molar-refractivity contribution in [2.24, 2.45) is 0 Å². The SMILES string of the molecule is CCCN1CCN2c3cc([N+](=O)[O-])c(C)cc3CCC2C1. The van der Waals surface area contributed by atoms with Crippen LogP contribution in [0.2, 0.25) is 0 Å². The Morgan fingerprint density at radius 3 is 2.90 bits per heavy atom. The van der Waals surface area contributed by atoms with Crippen LogP contribution in [0.15, 0.2) is 12.1 Å². The van der Waals surface area contributed by atoms with Crippen LogP contribution in [0.4, 0.5) is 11.4 Å². The van der Waals surface area contributed by atoms with Crippen molar-refractivity contribution < 1.29 is 4.92 Å². The number of benzene rings is 1. The molecule has 0 spiro atoms. The van der Waals surface area contributed by atoms with Gasteiger partial charge in [-0.15, -0.1) is 0 Å². The van der Waals surface area contributed by atoms with Gasteiger partial charge in [-0.05, 0) is 44.4 Å². The Balaban J connectivity index is 1.89. The number of piperazine rings is 1. The number of anilines is 1. The van der Waals surface area contributed by atoms with E-state index in [4.69, 9.17) is 0 Å². The van der Waals surface area contributed by atoms with E-state index in [0.29, 0.717) is 6.04 Å². The smallest absolute Gasteiger partial charge is 0.274 e. The molecular formula is C16H23N3O2. The predicted octanol–water partition coefficient (Wildman–Crippen LogP) is 2.75. The number of hydrogen-bond acceptors (Lipinski definition) is 4. The minimum atomic E-state index is -0.257. The summed E-state index contributed by atoms with van der Waals surface area (Å²) in [5.41, 5.74) is 3.41. The van der Waals surface area contributed by atoms with Crippen LogP contribution < -0.4 is 4.90 Å². The molecule has 0 bridgehead atoms. The summed E-state index contributed by atoms with van der Waals surface area (Å²) in [7, 11) is 0. The molecule has 0 aliphatic carbocycles. The predicted molar refractivity (Wildman–Crippen MR) is 84.0 cm³/mol. The third-order valence-electron chi connectivity index (χ3n) is 4.76. The summed E-state index contributed by atoms with van der Waals surface area (Å²) in [5, 5.41) is 11.2. The first kappa shape index (κ1) is 14.3. The minimum Gasteiger partial charge on any atom is -0.366 e. The number of hydrogen-bond donors (Lipinski definition) is 0. The van der Waals surface area contributed by atoms with Gasteiger partial charge in [-0.25, -0.2) is 0 Å². The average Bonchev–Trinajstić information content (AvgIpc) is 2.46. The molecule has 2 aliphatic rings. The fourth-order valence-corrected chi connectivity index (χ4v) is 3.73. The molecule has 21 heavy (non-hydrogen) atoms. The van der Waals surface area contributed by atoms with Crippen molar-refractivity contribution >= 4 is 11.4 Å². The van der Waals surface area contributed by atoms with Crippen molar-refractivity contribution in [3.05, 3.63) is 33.4 Å². The van der Waals surface area contributed by atoms with Gasteiger partial charge in [0.25, 0.3) is 5.69 Å². The molecule has 1 aromatic carbocycles. The molecule has 1 unspecified atom stereocenters. The lowest BCUT2D eigenvalue weighted by molar-refractivity contribution is -0.385. The summed E-state index contributed by atoms with van der Waals surface area (Å²) in [6.45, 7) is 8.35. The lowest BCUT2D eigenvalue weighted by Gasteiger charge is -2.46. The molecule has 0 aromatic heterocycles. The second-order valence-corrected chi connectivity index (χ2v) is 6.21. The molecule has 5 heteroatoms. The van der Waals surface area contributed by atoms with Gasteiger partial charge in [0.1, 0.15) is 0 Å². The van der Waals surface area contributed by atoms with Crippen LogP contribution in [0, 0.1) is 17.0 Å². The molecule has 1 atom stereocenters. The molecule has 5 nitrogen and oxygen atoms in total. The Labute approximate surface area is 125 Å². The molecule has 2 heterocycles. The number of aryl methyl sites for hydroxylation is 2. The van der Waals surface area contributed by atoms with Crippen molar-refractivity contribution in [1.82, 2.24) is 4.90 Å². The van der Waals surface area contributed by atoms with Gasteiger partial charge in [-0.1, -0.05) is 6.92 Å². The van der Waals surface area contributed by atoms with Gasteiger partial charge in [0.15, 0.2) is 0 Å². The highest BCUT2D eigenvalue weighted by molar-refractivity contribution is 5.64. The topological polar surface area (TPSA) is 49.6 Å². The molecule has 0 radical (unpaired) electrons. The van der Waals surface area contributed by atoms with Gasteiger partial charge in [0, 0.05) is 43.0 Å². The summed E-state index contributed by atoms with van der Waals surface area (Å²) < 4.78 is 0. The lowest BCUT2D eigenvalue weighted by atomic mass is 9.92. The Morgan fingerprint density at radius 1 is 1.38 bits per heavy atom. The van der Waals surface area contributed by atoms with Gasteiger partial charge in [0.05, 0.1) is 4.92 Å². The number of rotatable bonds is 3. The first-order chi connectivity index (χ1) is 10.1. The Bertz CT molecular complexity index is 559. The maximum Gasteiger partial charge on any atom is 0.274 e. The third-order valence-corrected chi connectivity index (χ3v) is 4.76. The number of nitrogens with zero attached hydrogens (tertiary/aromatic N) is 3. The van der Waals surface area contributed by atoms with Crippen molar-refractivity contribution in [3.8, 4) is 0 Å². The summed E-state index contributed by atoms with van der Waals surface area (Å²) in [6, 6.07) is 4.33.